The van der Waals surface area contributed by atoms with E-state index in [9.17, 15) is 9.90 Å². The standard InChI is InChI=1S/C14H28N2O3/c1-12(17)10-13-6-3-4-8-16(13)11-14(18)15-7-5-9-19-2/h12-13,17H,3-11H2,1-2H3,(H,15,18). The van der Waals surface area contributed by atoms with Gasteiger partial charge in [0.1, 0.15) is 0 Å². The summed E-state index contributed by atoms with van der Waals surface area (Å²) in [5.74, 6) is 0.0774. The van der Waals surface area contributed by atoms with Gasteiger partial charge >= 0.3 is 0 Å². The highest BCUT2D eigenvalue weighted by Crippen LogP contribution is 2.20. The Labute approximate surface area is 116 Å². The molecular formula is C14H28N2O3. The number of aliphatic hydroxyl groups is 1. The van der Waals surface area contributed by atoms with Gasteiger partial charge in [0.2, 0.25) is 5.91 Å². The van der Waals surface area contributed by atoms with Crippen molar-refractivity contribution in [2.75, 3.05) is 33.4 Å². The SMILES string of the molecule is COCCCNC(=O)CN1CCCCC1CC(C)O. The van der Waals surface area contributed by atoms with Crippen LogP contribution in [0.4, 0.5) is 0 Å². The maximum absolute atomic E-state index is 11.8. The number of aliphatic hydroxyl groups excluding tert-OH is 1. The van der Waals surface area contributed by atoms with Gasteiger partial charge in [-0.3, -0.25) is 9.69 Å². The van der Waals surface area contributed by atoms with Crippen LogP contribution in [0.2, 0.25) is 0 Å². The summed E-state index contributed by atoms with van der Waals surface area (Å²) >= 11 is 0. The Hall–Kier alpha value is -0.650. The average Bonchev–Trinajstić information content (AvgIpc) is 2.36. The Kier molecular flexibility index (Phi) is 8.02. The van der Waals surface area contributed by atoms with Crippen LogP contribution >= 0.6 is 0 Å². The van der Waals surface area contributed by atoms with Gasteiger partial charge in [-0.2, -0.15) is 0 Å². The molecule has 5 nitrogen and oxygen atoms in total. The fraction of sp³-hybridized carbons (Fsp3) is 0.929. The van der Waals surface area contributed by atoms with Crippen LogP contribution in [0.15, 0.2) is 0 Å². The summed E-state index contributed by atoms with van der Waals surface area (Å²) in [5, 5.41) is 12.4. The van der Waals surface area contributed by atoms with Crippen LogP contribution < -0.4 is 5.32 Å². The third-order valence-corrected chi connectivity index (χ3v) is 3.56. The molecule has 0 aliphatic carbocycles. The molecule has 5 heteroatoms. The molecule has 0 saturated carbocycles. The Balaban J connectivity index is 2.28. The third-order valence-electron chi connectivity index (χ3n) is 3.56. The number of hydrogen-bond donors (Lipinski definition) is 2. The number of piperidine rings is 1. The van der Waals surface area contributed by atoms with Gasteiger partial charge < -0.3 is 15.2 Å². The van der Waals surface area contributed by atoms with Crippen LogP contribution in [0.3, 0.4) is 0 Å². The number of nitrogens with zero attached hydrogens (tertiary/aromatic N) is 1. The van der Waals surface area contributed by atoms with Crippen LogP contribution in [0.5, 0.6) is 0 Å². The number of ether oxygens (including phenoxy) is 1. The highest BCUT2D eigenvalue weighted by molar-refractivity contribution is 5.78. The van der Waals surface area contributed by atoms with E-state index in [1.165, 1.54) is 6.42 Å². The van der Waals surface area contributed by atoms with Gasteiger partial charge in [-0.15, -0.1) is 0 Å². The van der Waals surface area contributed by atoms with Crippen LogP contribution in [-0.2, 0) is 9.53 Å². The molecule has 2 unspecified atom stereocenters. The fourth-order valence-corrected chi connectivity index (χ4v) is 2.61. The average molecular weight is 272 g/mol. The Morgan fingerprint density at radius 1 is 1.53 bits per heavy atom. The van der Waals surface area contributed by atoms with Crippen molar-refractivity contribution in [3.8, 4) is 0 Å². The van der Waals surface area contributed by atoms with Crippen molar-refractivity contribution >= 4 is 5.91 Å². The molecule has 0 bridgehead atoms. The summed E-state index contributed by atoms with van der Waals surface area (Å²) in [6, 6.07) is 0.346. The lowest BCUT2D eigenvalue weighted by Crippen LogP contribution is -2.46. The lowest BCUT2D eigenvalue weighted by Gasteiger charge is -2.35. The molecule has 1 saturated heterocycles. The molecule has 2 N–H and O–H groups in total. The second kappa shape index (κ2) is 9.28. The van der Waals surface area contributed by atoms with Crippen molar-refractivity contribution in [1.82, 2.24) is 10.2 Å². The molecule has 0 radical (unpaired) electrons. The molecule has 1 rings (SSSR count). The van der Waals surface area contributed by atoms with E-state index in [1.54, 1.807) is 7.11 Å². The van der Waals surface area contributed by atoms with E-state index in [1.807, 2.05) is 6.92 Å². The molecule has 0 aromatic carbocycles. The van der Waals surface area contributed by atoms with E-state index >= 15 is 0 Å². The van der Waals surface area contributed by atoms with Gasteiger partial charge in [0, 0.05) is 26.3 Å². The normalized spacial score (nSPS) is 22.2. The minimum atomic E-state index is -0.296. The number of carbonyl (C=O) groups excluding carboxylic acids is 1. The number of amides is 1. The van der Waals surface area contributed by atoms with Gasteiger partial charge in [-0.1, -0.05) is 6.42 Å². The highest BCUT2D eigenvalue weighted by atomic mass is 16.5. The molecule has 19 heavy (non-hydrogen) atoms. The van der Waals surface area contributed by atoms with E-state index in [0.717, 1.165) is 32.2 Å². The maximum atomic E-state index is 11.8. The molecule has 1 heterocycles. The molecule has 2 atom stereocenters. The van der Waals surface area contributed by atoms with Gasteiger partial charge in [0.05, 0.1) is 12.6 Å². The maximum Gasteiger partial charge on any atom is 0.234 e. The lowest BCUT2D eigenvalue weighted by molar-refractivity contribution is -0.123. The van der Waals surface area contributed by atoms with Crippen molar-refractivity contribution in [2.45, 2.75) is 51.2 Å². The van der Waals surface area contributed by atoms with Crippen LogP contribution in [0.1, 0.15) is 39.0 Å². The Morgan fingerprint density at radius 3 is 3.00 bits per heavy atom. The molecule has 1 fully saturated rings. The minimum Gasteiger partial charge on any atom is -0.393 e. The zero-order valence-corrected chi connectivity index (χ0v) is 12.2. The number of hydrogen-bond acceptors (Lipinski definition) is 4. The highest BCUT2D eigenvalue weighted by Gasteiger charge is 2.25. The first-order chi connectivity index (χ1) is 9.13. The first-order valence-electron chi connectivity index (χ1n) is 7.31. The van der Waals surface area contributed by atoms with Crippen LogP contribution in [-0.4, -0.2) is 61.4 Å². The number of rotatable bonds is 8. The monoisotopic (exact) mass is 272 g/mol. The van der Waals surface area contributed by atoms with E-state index in [0.29, 0.717) is 25.7 Å². The minimum absolute atomic E-state index is 0.0774. The molecule has 1 aliphatic rings. The number of methoxy groups -OCH3 is 1. The zero-order valence-electron chi connectivity index (χ0n) is 12.2. The van der Waals surface area contributed by atoms with Crippen molar-refractivity contribution < 1.29 is 14.6 Å². The zero-order chi connectivity index (χ0) is 14.1. The van der Waals surface area contributed by atoms with E-state index in [4.69, 9.17) is 4.74 Å². The second-order valence-corrected chi connectivity index (χ2v) is 5.40. The van der Waals surface area contributed by atoms with Gasteiger partial charge in [-0.25, -0.2) is 0 Å². The molecule has 0 aromatic heterocycles. The molecule has 112 valence electrons. The molecule has 1 aliphatic heterocycles. The predicted molar refractivity (Wildman–Crippen MR) is 75.0 cm³/mol. The van der Waals surface area contributed by atoms with Crippen molar-refractivity contribution in [1.29, 1.82) is 0 Å². The number of carbonyl (C=O) groups is 1. The Morgan fingerprint density at radius 2 is 2.32 bits per heavy atom. The first-order valence-corrected chi connectivity index (χ1v) is 7.31. The van der Waals surface area contributed by atoms with Crippen molar-refractivity contribution in [3.63, 3.8) is 0 Å². The predicted octanol–water partition coefficient (Wildman–Crippen LogP) is 0.765. The summed E-state index contributed by atoms with van der Waals surface area (Å²) in [6.45, 7) is 4.57. The summed E-state index contributed by atoms with van der Waals surface area (Å²) < 4.78 is 4.94. The lowest BCUT2D eigenvalue weighted by atomic mass is 9.97. The molecule has 0 spiro atoms. The summed E-state index contributed by atoms with van der Waals surface area (Å²) in [5.41, 5.74) is 0. The van der Waals surface area contributed by atoms with E-state index in [-0.39, 0.29) is 12.0 Å². The van der Waals surface area contributed by atoms with Crippen LogP contribution in [0, 0.1) is 0 Å². The van der Waals surface area contributed by atoms with Crippen molar-refractivity contribution in [2.24, 2.45) is 0 Å². The smallest absolute Gasteiger partial charge is 0.234 e. The summed E-state index contributed by atoms with van der Waals surface area (Å²) in [7, 11) is 1.66. The fourth-order valence-electron chi connectivity index (χ4n) is 2.61. The van der Waals surface area contributed by atoms with Crippen molar-refractivity contribution in [3.05, 3.63) is 0 Å². The Bertz CT molecular complexity index is 259. The van der Waals surface area contributed by atoms with Gasteiger partial charge in [0.15, 0.2) is 0 Å². The third kappa shape index (κ3) is 6.89. The van der Waals surface area contributed by atoms with Gasteiger partial charge in [-0.05, 0) is 39.2 Å². The van der Waals surface area contributed by atoms with Crippen LogP contribution in [0.25, 0.3) is 0 Å². The summed E-state index contributed by atoms with van der Waals surface area (Å²) in [4.78, 5) is 14.1. The van der Waals surface area contributed by atoms with E-state index in [2.05, 4.69) is 10.2 Å². The molecule has 0 aromatic rings. The number of nitrogens with one attached hydrogen (secondary N) is 1. The topological polar surface area (TPSA) is 61.8 Å². The first kappa shape index (κ1) is 16.4. The second-order valence-electron chi connectivity index (χ2n) is 5.40. The quantitative estimate of drug-likeness (QED) is 0.641. The van der Waals surface area contributed by atoms with Gasteiger partial charge in [0.25, 0.3) is 0 Å². The largest absolute Gasteiger partial charge is 0.393 e. The number of likely N-dealkylation sites (tertiary alicyclic amines) is 1. The molecular weight excluding hydrogens is 244 g/mol. The summed E-state index contributed by atoms with van der Waals surface area (Å²) in [6.07, 6.45) is 4.74. The van der Waals surface area contributed by atoms with E-state index < -0.39 is 0 Å². The molecule has 1 amide bonds.